The Bertz CT molecular complexity index is 922. The Balaban J connectivity index is 1.63. The first-order valence-corrected chi connectivity index (χ1v) is 8.86. The summed E-state index contributed by atoms with van der Waals surface area (Å²) in [5, 5.41) is 4.19. The molecule has 0 radical (unpaired) electrons. The molecule has 6 heteroatoms. The number of carbonyl (C=O) groups excluding carboxylic acids is 1. The lowest BCUT2D eigenvalue weighted by molar-refractivity contribution is 0.0740. The topological polar surface area (TPSA) is 55.3 Å². The summed E-state index contributed by atoms with van der Waals surface area (Å²) in [6, 6.07) is 15.8. The maximum atomic E-state index is 13.0. The molecule has 2 aromatic carbocycles. The molecule has 0 bridgehead atoms. The largest absolute Gasteiger partial charge is 0.497 e. The average molecular weight is 351 g/mol. The maximum Gasteiger partial charge on any atom is 0.268 e. The highest BCUT2D eigenvalue weighted by Crippen LogP contribution is 2.29. The number of rotatable bonds is 3. The average Bonchev–Trinajstić information content (AvgIpc) is 3.17. The predicted octanol–water partition coefficient (Wildman–Crippen LogP) is 3.41. The van der Waals surface area contributed by atoms with E-state index in [1.807, 2.05) is 41.3 Å². The Morgan fingerprint density at radius 3 is 2.84 bits per heavy atom. The van der Waals surface area contributed by atoms with Crippen molar-refractivity contribution >= 4 is 17.4 Å². The second-order valence-electron chi connectivity index (χ2n) is 5.93. The van der Waals surface area contributed by atoms with Crippen LogP contribution in [0.25, 0.3) is 11.3 Å². The Morgan fingerprint density at radius 2 is 2.00 bits per heavy atom. The molecule has 126 valence electrons. The van der Waals surface area contributed by atoms with Gasteiger partial charge in [0.05, 0.1) is 7.11 Å². The first-order valence-electron chi connectivity index (χ1n) is 8.09. The van der Waals surface area contributed by atoms with Gasteiger partial charge in [-0.3, -0.25) is 4.79 Å². The molecule has 0 saturated heterocycles. The fourth-order valence-electron chi connectivity index (χ4n) is 3.10. The third-order valence-corrected chi connectivity index (χ3v) is 5.16. The van der Waals surface area contributed by atoms with E-state index < -0.39 is 0 Å². The van der Waals surface area contributed by atoms with Gasteiger partial charge in [0.1, 0.15) is 16.3 Å². The number of methoxy groups -OCH3 is 1. The zero-order valence-electron chi connectivity index (χ0n) is 13.8. The molecule has 0 atom stereocenters. The minimum absolute atomic E-state index is 0.0117. The van der Waals surface area contributed by atoms with Crippen LogP contribution in [0.1, 0.15) is 20.8 Å². The highest BCUT2D eigenvalue weighted by molar-refractivity contribution is 7.08. The zero-order valence-corrected chi connectivity index (χ0v) is 14.6. The lowest BCUT2D eigenvalue weighted by Gasteiger charge is -2.28. The highest BCUT2D eigenvalue weighted by atomic mass is 32.1. The Labute approximate surface area is 150 Å². The molecule has 0 aliphatic carbocycles. The molecule has 1 amide bonds. The van der Waals surface area contributed by atoms with E-state index in [9.17, 15) is 4.79 Å². The zero-order chi connectivity index (χ0) is 17.2. The third kappa shape index (κ3) is 3.00. The van der Waals surface area contributed by atoms with E-state index in [0.29, 0.717) is 23.7 Å². The van der Waals surface area contributed by atoms with Gasteiger partial charge in [-0.1, -0.05) is 40.9 Å². The van der Waals surface area contributed by atoms with Crippen LogP contribution in [0.4, 0.5) is 0 Å². The number of hydrogen-bond donors (Lipinski definition) is 0. The molecular weight excluding hydrogens is 334 g/mol. The van der Waals surface area contributed by atoms with Crippen LogP contribution in [0.3, 0.4) is 0 Å². The summed E-state index contributed by atoms with van der Waals surface area (Å²) in [6.45, 7) is 1.34. The van der Waals surface area contributed by atoms with Crippen LogP contribution in [0.15, 0.2) is 48.5 Å². The maximum absolute atomic E-state index is 13.0. The number of fused-ring (bicyclic) bond motifs is 1. The number of aromatic nitrogens is 2. The molecule has 5 nitrogen and oxygen atoms in total. The van der Waals surface area contributed by atoms with E-state index in [1.165, 1.54) is 11.1 Å². The van der Waals surface area contributed by atoms with Crippen LogP contribution in [0, 0.1) is 0 Å². The summed E-state index contributed by atoms with van der Waals surface area (Å²) < 4.78 is 9.29. The summed E-state index contributed by atoms with van der Waals surface area (Å²) in [7, 11) is 1.62. The molecule has 2 heterocycles. The van der Waals surface area contributed by atoms with Crippen molar-refractivity contribution in [2.75, 3.05) is 13.7 Å². The van der Waals surface area contributed by atoms with Crippen molar-refractivity contribution < 1.29 is 9.53 Å². The van der Waals surface area contributed by atoms with Crippen molar-refractivity contribution in [3.8, 4) is 17.0 Å². The van der Waals surface area contributed by atoms with E-state index in [-0.39, 0.29) is 5.91 Å². The summed E-state index contributed by atoms with van der Waals surface area (Å²) >= 11 is 1.15. The minimum atomic E-state index is -0.0117. The van der Waals surface area contributed by atoms with Gasteiger partial charge in [-0.2, -0.15) is 0 Å². The lowest BCUT2D eigenvalue weighted by atomic mass is 9.99. The first-order chi connectivity index (χ1) is 12.3. The monoisotopic (exact) mass is 351 g/mol. The number of ether oxygens (including phenoxy) is 1. The van der Waals surface area contributed by atoms with Crippen LogP contribution in [0.2, 0.25) is 0 Å². The number of nitrogens with zero attached hydrogens (tertiary/aromatic N) is 3. The normalized spacial score (nSPS) is 13.4. The Morgan fingerprint density at radius 1 is 1.16 bits per heavy atom. The second-order valence-corrected chi connectivity index (χ2v) is 6.68. The molecule has 1 aromatic heterocycles. The number of benzene rings is 2. The van der Waals surface area contributed by atoms with Crippen LogP contribution in [0.5, 0.6) is 5.75 Å². The van der Waals surface area contributed by atoms with Gasteiger partial charge in [0.25, 0.3) is 5.91 Å². The third-order valence-electron chi connectivity index (χ3n) is 4.44. The quantitative estimate of drug-likeness (QED) is 0.726. The summed E-state index contributed by atoms with van der Waals surface area (Å²) in [5.41, 5.74) is 3.99. The van der Waals surface area contributed by atoms with Crippen LogP contribution < -0.4 is 4.74 Å². The minimum Gasteiger partial charge on any atom is -0.497 e. The van der Waals surface area contributed by atoms with Gasteiger partial charge < -0.3 is 9.64 Å². The number of hydrogen-bond acceptors (Lipinski definition) is 5. The molecule has 1 aliphatic rings. The standard InChI is InChI=1S/C19H17N3O2S/c1-24-16-8-4-7-14(11-16)17-18(25-21-20-17)19(23)22-10-9-13-5-2-3-6-15(13)12-22/h2-8,11H,9-10,12H2,1H3. The van der Waals surface area contributed by atoms with Gasteiger partial charge in [0.2, 0.25) is 0 Å². The molecule has 1 aliphatic heterocycles. The number of amides is 1. The molecular formula is C19H17N3O2S. The molecule has 0 N–H and O–H groups in total. The molecule has 0 saturated carbocycles. The molecule has 0 fully saturated rings. The number of carbonyl (C=O) groups is 1. The Kier molecular flexibility index (Phi) is 4.19. The van der Waals surface area contributed by atoms with Gasteiger partial charge in [-0.05, 0) is 41.2 Å². The molecule has 3 aromatic rings. The predicted molar refractivity (Wildman–Crippen MR) is 96.8 cm³/mol. The SMILES string of the molecule is COc1cccc(-c2nnsc2C(=O)N2CCc3ccccc3C2)c1. The van der Waals surface area contributed by atoms with E-state index in [2.05, 4.69) is 21.7 Å². The van der Waals surface area contributed by atoms with E-state index in [1.54, 1.807) is 7.11 Å². The van der Waals surface area contributed by atoms with Crippen LogP contribution in [-0.2, 0) is 13.0 Å². The lowest BCUT2D eigenvalue weighted by Crippen LogP contribution is -2.35. The van der Waals surface area contributed by atoms with Gasteiger partial charge in [0, 0.05) is 18.7 Å². The molecule has 0 unspecified atom stereocenters. The highest BCUT2D eigenvalue weighted by Gasteiger charge is 2.26. The Hall–Kier alpha value is -2.73. The van der Waals surface area contributed by atoms with Crippen LogP contribution in [-0.4, -0.2) is 34.0 Å². The second kappa shape index (κ2) is 6.64. The summed E-state index contributed by atoms with van der Waals surface area (Å²) in [5.74, 6) is 0.720. The van der Waals surface area contributed by atoms with Crippen molar-refractivity contribution in [2.24, 2.45) is 0 Å². The smallest absolute Gasteiger partial charge is 0.268 e. The van der Waals surface area contributed by atoms with Crippen molar-refractivity contribution in [3.05, 3.63) is 64.5 Å². The van der Waals surface area contributed by atoms with Crippen molar-refractivity contribution in [3.63, 3.8) is 0 Å². The molecule has 25 heavy (non-hydrogen) atoms. The fourth-order valence-corrected chi connectivity index (χ4v) is 3.76. The van der Waals surface area contributed by atoms with E-state index in [4.69, 9.17) is 4.74 Å². The molecule has 4 rings (SSSR count). The van der Waals surface area contributed by atoms with Gasteiger partial charge in [-0.15, -0.1) is 5.10 Å². The summed E-state index contributed by atoms with van der Waals surface area (Å²) in [6.07, 6.45) is 0.878. The molecule has 0 spiro atoms. The van der Waals surface area contributed by atoms with Crippen molar-refractivity contribution in [1.29, 1.82) is 0 Å². The first kappa shape index (κ1) is 15.8. The van der Waals surface area contributed by atoms with E-state index >= 15 is 0 Å². The fraction of sp³-hybridized carbons (Fsp3) is 0.211. The van der Waals surface area contributed by atoms with E-state index in [0.717, 1.165) is 29.3 Å². The van der Waals surface area contributed by atoms with Gasteiger partial charge in [0.15, 0.2) is 0 Å². The summed E-state index contributed by atoms with van der Waals surface area (Å²) in [4.78, 5) is 15.5. The van der Waals surface area contributed by atoms with Crippen molar-refractivity contribution in [1.82, 2.24) is 14.5 Å². The van der Waals surface area contributed by atoms with Gasteiger partial charge in [-0.25, -0.2) is 0 Å². The van der Waals surface area contributed by atoms with Crippen molar-refractivity contribution in [2.45, 2.75) is 13.0 Å². The van der Waals surface area contributed by atoms with Gasteiger partial charge >= 0.3 is 0 Å². The van der Waals surface area contributed by atoms with Crippen LogP contribution >= 0.6 is 11.5 Å².